The third-order valence-electron chi connectivity index (χ3n) is 6.88. The van der Waals surface area contributed by atoms with E-state index in [9.17, 15) is 9.59 Å². The number of nitrogens with zero attached hydrogens (tertiary/aromatic N) is 4. The van der Waals surface area contributed by atoms with Crippen LogP contribution in [0.25, 0.3) is 16.7 Å². The lowest BCUT2D eigenvalue weighted by molar-refractivity contribution is -0.114. The number of hydrogen-bond acceptors (Lipinski definition) is 4. The molecule has 1 unspecified atom stereocenters. The first kappa shape index (κ1) is 23.9. The maximum absolute atomic E-state index is 13.5. The van der Waals surface area contributed by atoms with Gasteiger partial charge in [-0.2, -0.15) is 5.10 Å². The first-order valence-corrected chi connectivity index (χ1v) is 12.3. The molecular weight excluding hydrogens is 474 g/mol. The van der Waals surface area contributed by atoms with Gasteiger partial charge in [-0.05, 0) is 60.4 Å². The predicted molar refractivity (Wildman–Crippen MR) is 141 cm³/mol. The first-order chi connectivity index (χ1) is 17.3. The number of rotatable bonds is 5. The van der Waals surface area contributed by atoms with Crippen molar-refractivity contribution in [3.63, 3.8) is 0 Å². The molecule has 5 rings (SSSR count). The van der Waals surface area contributed by atoms with E-state index in [1.807, 2.05) is 79.8 Å². The van der Waals surface area contributed by atoms with Gasteiger partial charge in [0.25, 0.3) is 5.91 Å². The summed E-state index contributed by atoms with van der Waals surface area (Å²) in [7, 11) is 1.85. The van der Waals surface area contributed by atoms with Gasteiger partial charge in [-0.25, -0.2) is 0 Å². The van der Waals surface area contributed by atoms with Crippen LogP contribution >= 0.6 is 11.6 Å². The summed E-state index contributed by atoms with van der Waals surface area (Å²) in [6.45, 7) is 3.67. The molecular formula is C28H28ClN5O2. The number of benzene rings is 2. The Kier molecular flexibility index (Phi) is 6.41. The second kappa shape index (κ2) is 9.66. The van der Waals surface area contributed by atoms with E-state index in [0.717, 1.165) is 34.2 Å². The zero-order valence-electron chi connectivity index (χ0n) is 20.3. The summed E-state index contributed by atoms with van der Waals surface area (Å²) in [5.74, 6) is -0.437. The average molecular weight is 502 g/mol. The van der Waals surface area contributed by atoms with E-state index in [2.05, 4.69) is 10.00 Å². The van der Waals surface area contributed by atoms with Crippen molar-refractivity contribution in [1.29, 1.82) is 0 Å². The van der Waals surface area contributed by atoms with E-state index in [0.29, 0.717) is 35.8 Å². The first-order valence-electron chi connectivity index (χ1n) is 11.9. The molecule has 1 atom stereocenters. The van der Waals surface area contributed by atoms with Crippen LogP contribution in [0.15, 0.2) is 72.7 Å². The van der Waals surface area contributed by atoms with Crippen LogP contribution in [0.4, 0.5) is 0 Å². The molecule has 36 heavy (non-hydrogen) atoms. The van der Waals surface area contributed by atoms with Gasteiger partial charge < -0.3 is 15.5 Å². The van der Waals surface area contributed by atoms with Crippen molar-refractivity contribution >= 4 is 29.0 Å². The van der Waals surface area contributed by atoms with Crippen LogP contribution in [-0.2, 0) is 11.8 Å². The molecule has 8 heteroatoms. The number of nitrogens with two attached hydrogens (primary N) is 1. The molecule has 0 saturated carbocycles. The fraction of sp³-hybridized carbons (Fsp3) is 0.250. The largest absolute Gasteiger partial charge is 0.368 e. The number of aromatic nitrogens is 2. The maximum Gasteiger partial charge on any atom is 0.253 e. The van der Waals surface area contributed by atoms with Gasteiger partial charge in [-0.3, -0.25) is 14.3 Å². The van der Waals surface area contributed by atoms with Gasteiger partial charge in [0.05, 0.1) is 6.20 Å². The topological polar surface area (TPSA) is 84.5 Å². The minimum atomic E-state index is -0.436. The van der Waals surface area contributed by atoms with Crippen LogP contribution in [-0.4, -0.2) is 57.1 Å². The lowest BCUT2D eigenvalue weighted by Crippen LogP contribution is -2.39. The summed E-state index contributed by atoms with van der Waals surface area (Å²) in [5.41, 5.74) is 11.7. The Hall–Kier alpha value is -3.84. The van der Waals surface area contributed by atoms with Crippen LogP contribution in [0, 0.1) is 6.92 Å². The van der Waals surface area contributed by atoms with E-state index in [1.165, 1.54) is 0 Å². The molecule has 184 valence electrons. The quantitative estimate of drug-likeness (QED) is 0.572. The Labute approximate surface area is 215 Å². The smallest absolute Gasteiger partial charge is 0.253 e. The van der Waals surface area contributed by atoms with Crippen molar-refractivity contribution in [2.24, 2.45) is 12.8 Å². The Balaban J connectivity index is 1.35. The number of primary amides is 1. The lowest BCUT2D eigenvalue weighted by Gasteiger charge is -2.31. The number of amides is 2. The molecule has 2 aliphatic heterocycles. The molecule has 0 spiro atoms. The Bertz CT molecular complexity index is 1410. The minimum Gasteiger partial charge on any atom is -0.368 e. The second-order valence-electron chi connectivity index (χ2n) is 9.43. The summed E-state index contributed by atoms with van der Waals surface area (Å²) in [6.07, 6.45) is 8.36. The van der Waals surface area contributed by atoms with Gasteiger partial charge in [-0.1, -0.05) is 29.8 Å². The Morgan fingerprint density at radius 1 is 1.14 bits per heavy atom. The van der Waals surface area contributed by atoms with E-state index in [4.69, 9.17) is 17.3 Å². The van der Waals surface area contributed by atoms with Crippen LogP contribution in [0.2, 0.25) is 5.02 Å². The predicted octanol–water partition coefficient (Wildman–Crippen LogP) is 4.03. The minimum absolute atomic E-state index is 0.0000771. The van der Waals surface area contributed by atoms with Gasteiger partial charge in [0.1, 0.15) is 0 Å². The zero-order chi connectivity index (χ0) is 25.4. The average Bonchev–Trinajstić information content (AvgIpc) is 3.53. The number of carbonyl (C=O) groups excluding carboxylic acids is 2. The summed E-state index contributed by atoms with van der Waals surface area (Å²) < 4.78 is 1.72. The van der Waals surface area contributed by atoms with Crippen molar-refractivity contribution in [2.75, 3.05) is 19.6 Å². The molecule has 1 fully saturated rings. The third-order valence-corrected chi connectivity index (χ3v) is 7.12. The van der Waals surface area contributed by atoms with Gasteiger partial charge in [0.15, 0.2) is 0 Å². The SMILES string of the molecule is Cc1ccc(C(=O)N2CCC(N3C=C(c4cnn(C)c4)C=C(C(N)=O)C3)C2)cc1-c1cccc(Cl)c1. The fourth-order valence-corrected chi connectivity index (χ4v) is 5.10. The molecule has 0 bridgehead atoms. The zero-order valence-corrected chi connectivity index (χ0v) is 21.1. The number of likely N-dealkylation sites (tertiary alicyclic amines) is 1. The van der Waals surface area contributed by atoms with Gasteiger partial charge in [0.2, 0.25) is 5.91 Å². The van der Waals surface area contributed by atoms with Crippen LogP contribution in [0.3, 0.4) is 0 Å². The normalized spacial score (nSPS) is 17.7. The highest BCUT2D eigenvalue weighted by atomic mass is 35.5. The highest BCUT2D eigenvalue weighted by molar-refractivity contribution is 6.30. The molecule has 2 aromatic carbocycles. The molecule has 0 aliphatic carbocycles. The summed E-state index contributed by atoms with van der Waals surface area (Å²) in [5, 5.41) is 4.91. The molecule has 1 saturated heterocycles. The van der Waals surface area contributed by atoms with E-state index in [-0.39, 0.29) is 11.9 Å². The lowest BCUT2D eigenvalue weighted by atomic mass is 9.97. The standard InChI is InChI=1S/C28H28ClN5O2/c1-18-6-7-20(12-26(18)19-4-3-5-24(29)11-19)28(36)33-9-8-25(17-33)34-15-21(10-22(16-34)27(30)35)23-13-31-32(2)14-23/h3-7,10-15,25H,8-9,16-17H2,1-2H3,(H2,30,35). The van der Waals surface area contributed by atoms with Crippen molar-refractivity contribution in [3.8, 4) is 11.1 Å². The van der Waals surface area contributed by atoms with Crippen molar-refractivity contribution in [1.82, 2.24) is 19.6 Å². The highest BCUT2D eigenvalue weighted by Crippen LogP contribution is 2.30. The molecule has 3 heterocycles. The second-order valence-corrected chi connectivity index (χ2v) is 9.86. The van der Waals surface area contributed by atoms with Crippen LogP contribution < -0.4 is 5.73 Å². The molecule has 7 nitrogen and oxygen atoms in total. The van der Waals surface area contributed by atoms with Crippen molar-refractivity contribution in [3.05, 3.63) is 94.4 Å². The summed E-state index contributed by atoms with van der Waals surface area (Å²) >= 11 is 6.20. The molecule has 0 radical (unpaired) electrons. The number of aryl methyl sites for hydroxylation is 2. The molecule has 2 aliphatic rings. The number of hydrogen-bond donors (Lipinski definition) is 1. The molecule has 2 N–H and O–H groups in total. The van der Waals surface area contributed by atoms with Crippen molar-refractivity contribution < 1.29 is 9.59 Å². The fourth-order valence-electron chi connectivity index (χ4n) is 4.90. The van der Waals surface area contributed by atoms with Crippen LogP contribution in [0.5, 0.6) is 0 Å². The highest BCUT2D eigenvalue weighted by Gasteiger charge is 2.32. The van der Waals surface area contributed by atoms with Gasteiger partial charge in [0, 0.05) is 72.4 Å². The number of halogens is 1. The Morgan fingerprint density at radius 2 is 1.97 bits per heavy atom. The third kappa shape index (κ3) is 4.79. The Morgan fingerprint density at radius 3 is 2.69 bits per heavy atom. The molecule has 1 aromatic heterocycles. The number of carbonyl (C=O) groups is 2. The molecule has 2 amide bonds. The maximum atomic E-state index is 13.5. The van der Waals surface area contributed by atoms with Crippen molar-refractivity contribution in [2.45, 2.75) is 19.4 Å². The van der Waals surface area contributed by atoms with E-state index in [1.54, 1.807) is 10.9 Å². The summed E-state index contributed by atoms with van der Waals surface area (Å²) in [4.78, 5) is 29.5. The van der Waals surface area contributed by atoms with E-state index < -0.39 is 5.91 Å². The van der Waals surface area contributed by atoms with Gasteiger partial charge in [-0.15, -0.1) is 0 Å². The number of allylic oxidation sites excluding steroid dienone is 2. The summed E-state index contributed by atoms with van der Waals surface area (Å²) in [6, 6.07) is 13.6. The monoisotopic (exact) mass is 501 g/mol. The van der Waals surface area contributed by atoms with Gasteiger partial charge >= 0.3 is 0 Å². The van der Waals surface area contributed by atoms with Crippen LogP contribution in [0.1, 0.15) is 27.9 Å². The molecule has 3 aromatic rings. The van der Waals surface area contributed by atoms with E-state index >= 15 is 0 Å².